The molecule has 1 atom stereocenters. The topological polar surface area (TPSA) is 96.6 Å². The third-order valence-corrected chi connectivity index (χ3v) is 6.02. The maximum atomic E-state index is 13.1. The number of carbonyl (C=O) groups excluding carboxylic acids is 1. The Morgan fingerprint density at radius 1 is 1.10 bits per heavy atom. The molecule has 3 aromatic rings. The third-order valence-electron chi connectivity index (χ3n) is 4.78. The van der Waals surface area contributed by atoms with Gasteiger partial charge in [0.15, 0.2) is 0 Å². The van der Waals surface area contributed by atoms with Gasteiger partial charge >= 0.3 is 0 Å². The molecule has 1 unspecified atom stereocenters. The maximum absolute atomic E-state index is 13.1. The monoisotopic (exact) mass is 442 g/mol. The molecule has 0 aliphatic heterocycles. The number of likely N-dealkylation sites (N-methyl/N-ethyl adjacent to an activating group) is 1. The number of hydrogen-bond acceptors (Lipinski definition) is 6. The van der Waals surface area contributed by atoms with Gasteiger partial charge in [-0.25, -0.2) is 8.42 Å². The van der Waals surface area contributed by atoms with Crippen molar-refractivity contribution in [1.29, 1.82) is 0 Å². The Hall–Kier alpha value is -3.20. The van der Waals surface area contributed by atoms with Gasteiger partial charge in [0, 0.05) is 12.6 Å². The minimum absolute atomic E-state index is 0.0630. The van der Waals surface area contributed by atoms with Gasteiger partial charge in [-0.15, -0.1) is 0 Å². The molecule has 0 saturated heterocycles. The Balaban J connectivity index is 1.80. The van der Waals surface area contributed by atoms with E-state index in [0.29, 0.717) is 11.5 Å². The molecule has 0 aliphatic carbocycles. The lowest BCUT2D eigenvalue weighted by atomic mass is 10.1. The summed E-state index contributed by atoms with van der Waals surface area (Å²) in [6.07, 6.45) is 1.10. The molecule has 1 aromatic heterocycles. The molecule has 9 heteroatoms. The SMILES string of the molecule is Cc1cc(C)cc(N(C(C)C(=O)N(C)Cc2nc(-c3ccccc3)no2)S(C)(=O)=O)c1. The molecule has 0 bridgehead atoms. The Morgan fingerprint density at radius 2 is 1.71 bits per heavy atom. The van der Waals surface area contributed by atoms with Crippen molar-refractivity contribution in [3.05, 3.63) is 65.5 Å². The van der Waals surface area contributed by atoms with E-state index in [4.69, 9.17) is 4.52 Å². The van der Waals surface area contributed by atoms with Crippen molar-refractivity contribution in [2.24, 2.45) is 0 Å². The first-order chi connectivity index (χ1) is 14.6. The van der Waals surface area contributed by atoms with Crippen LogP contribution in [0.5, 0.6) is 0 Å². The molecule has 31 heavy (non-hydrogen) atoms. The predicted molar refractivity (Wildman–Crippen MR) is 119 cm³/mol. The Kier molecular flexibility index (Phi) is 6.45. The fourth-order valence-electron chi connectivity index (χ4n) is 3.50. The number of anilines is 1. The van der Waals surface area contributed by atoms with Crippen LogP contribution < -0.4 is 4.31 Å². The number of benzene rings is 2. The van der Waals surface area contributed by atoms with Crippen LogP contribution in [0.25, 0.3) is 11.4 Å². The van der Waals surface area contributed by atoms with Crippen LogP contribution in [0.4, 0.5) is 5.69 Å². The van der Waals surface area contributed by atoms with Gasteiger partial charge < -0.3 is 9.42 Å². The Labute approximate surface area is 182 Å². The highest BCUT2D eigenvalue weighted by Crippen LogP contribution is 2.25. The van der Waals surface area contributed by atoms with Crippen molar-refractivity contribution < 1.29 is 17.7 Å². The second-order valence-electron chi connectivity index (χ2n) is 7.65. The van der Waals surface area contributed by atoms with Crippen molar-refractivity contribution in [2.45, 2.75) is 33.4 Å². The molecule has 0 radical (unpaired) electrons. The normalized spacial score (nSPS) is 12.4. The van der Waals surface area contributed by atoms with Crippen LogP contribution in [0.1, 0.15) is 23.9 Å². The highest BCUT2D eigenvalue weighted by atomic mass is 32.2. The smallest absolute Gasteiger partial charge is 0.246 e. The maximum Gasteiger partial charge on any atom is 0.246 e. The molecular weight excluding hydrogens is 416 g/mol. The first-order valence-electron chi connectivity index (χ1n) is 9.77. The molecule has 1 heterocycles. The van der Waals surface area contributed by atoms with E-state index in [1.165, 1.54) is 4.90 Å². The van der Waals surface area contributed by atoms with Gasteiger partial charge in [-0.3, -0.25) is 9.10 Å². The molecular formula is C22H26N4O4S. The fraction of sp³-hybridized carbons (Fsp3) is 0.318. The highest BCUT2D eigenvalue weighted by molar-refractivity contribution is 7.92. The van der Waals surface area contributed by atoms with E-state index < -0.39 is 16.1 Å². The van der Waals surface area contributed by atoms with Crippen molar-refractivity contribution in [1.82, 2.24) is 15.0 Å². The summed E-state index contributed by atoms with van der Waals surface area (Å²) >= 11 is 0. The van der Waals surface area contributed by atoms with Gasteiger partial charge in [0.1, 0.15) is 6.04 Å². The number of sulfonamides is 1. The Bertz CT molecular complexity index is 1150. The summed E-state index contributed by atoms with van der Waals surface area (Å²) in [5.74, 6) is 0.306. The summed E-state index contributed by atoms with van der Waals surface area (Å²) in [5.41, 5.74) is 3.09. The molecule has 164 valence electrons. The number of amides is 1. The van der Waals surface area contributed by atoms with E-state index >= 15 is 0 Å². The van der Waals surface area contributed by atoms with Crippen LogP contribution in [-0.2, 0) is 21.4 Å². The molecule has 0 aliphatic rings. The van der Waals surface area contributed by atoms with E-state index in [-0.39, 0.29) is 18.3 Å². The van der Waals surface area contributed by atoms with Crippen LogP contribution in [-0.4, -0.2) is 48.7 Å². The molecule has 0 spiro atoms. The molecule has 1 amide bonds. The van der Waals surface area contributed by atoms with Crippen LogP contribution >= 0.6 is 0 Å². The van der Waals surface area contributed by atoms with E-state index in [0.717, 1.165) is 27.3 Å². The zero-order valence-electron chi connectivity index (χ0n) is 18.2. The first-order valence-corrected chi connectivity index (χ1v) is 11.6. The summed E-state index contributed by atoms with van der Waals surface area (Å²) in [4.78, 5) is 18.8. The van der Waals surface area contributed by atoms with Crippen LogP contribution in [0, 0.1) is 13.8 Å². The Morgan fingerprint density at radius 3 is 2.29 bits per heavy atom. The van der Waals surface area contributed by atoms with Gasteiger partial charge in [0.2, 0.25) is 27.6 Å². The molecule has 0 N–H and O–H groups in total. The summed E-state index contributed by atoms with van der Waals surface area (Å²) in [7, 11) is -2.12. The lowest BCUT2D eigenvalue weighted by molar-refractivity contribution is -0.131. The molecule has 0 fully saturated rings. The van der Waals surface area contributed by atoms with Gasteiger partial charge in [-0.1, -0.05) is 41.6 Å². The fourth-order valence-corrected chi connectivity index (χ4v) is 4.66. The minimum Gasteiger partial charge on any atom is -0.337 e. The minimum atomic E-state index is -3.70. The van der Waals surface area contributed by atoms with Crippen molar-refractivity contribution in [2.75, 3.05) is 17.6 Å². The lowest BCUT2D eigenvalue weighted by Crippen LogP contribution is -2.48. The lowest BCUT2D eigenvalue weighted by Gasteiger charge is -2.31. The molecule has 3 rings (SSSR count). The largest absolute Gasteiger partial charge is 0.337 e. The summed E-state index contributed by atoms with van der Waals surface area (Å²) in [6, 6.07) is 13.9. The standard InChI is InChI=1S/C22H26N4O4S/c1-15-11-16(2)13-19(12-15)26(31(5,28)29)17(3)22(27)25(4)14-20-23-21(24-30-20)18-9-7-6-8-10-18/h6-13,17H,14H2,1-5H3. The number of carbonyl (C=O) groups is 1. The third kappa shape index (κ3) is 5.29. The van der Waals surface area contributed by atoms with Gasteiger partial charge in [-0.05, 0) is 44.0 Å². The van der Waals surface area contributed by atoms with Crippen LogP contribution in [0.15, 0.2) is 53.1 Å². The van der Waals surface area contributed by atoms with Gasteiger partial charge in [0.25, 0.3) is 0 Å². The van der Waals surface area contributed by atoms with Crippen molar-refractivity contribution >= 4 is 21.6 Å². The zero-order chi connectivity index (χ0) is 22.8. The van der Waals surface area contributed by atoms with Crippen LogP contribution in [0.2, 0.25) is 0 Å². The number of aryl methyl sites for hydroxylation is 2. The van der Waals surface area contributed by atoms with Crippen molar-refractivity contribution in [3.8, 4) is 11.4 Å². The average Bonchev–Trinajstić information content (AvgIpc) is 3.14. The number of rotatable bonds is 7. The number of hydrogen-bond donors (Lipinski definition) is 0. The van der Waals surface area contributed by atoms with Gasteiger partial charge in [0.05, 0.1) is 18.5 Å². The van der Waals surface area contributed by atoms with Crippen molar-refractivity contribution in [3.63, 3.8) is 0 Å². The highest BCUT2D eigenvalue weighted by Gasteiger charge is 2.31. The van der Waals surface area contributed by atoms with Crippen LogP contribution in [0.3, 0.4) is 0 Å². The van der Waals surface area contributed by atoms with E-state index in [2.05, 4.69) is 10.1 Å². The zero-order valence-corrected chi connectivity index (χ0v) is 19.0. The first kappa shape index (κ1) is 22.5. The van der Waals surface area contributed by atoms with E-state index in [9.17, 15) is 13.2 Å². The second-order valence-corrected chi connectivity index (χ2v) is 9.51. The number of aromatic nitrogens is 2. The predicted octanol–water partition coefficient (Wildman–Crippen LogP) is 3.17. The van der Waals surface area contributed by atoms with E-state index in [1.54, 1.807) is 26.1 Å². The molecule has 0 saturated carbocycles. The quantitative estimate of drug-likeness (QED) is 0.558. The summed E-state index contributed by atoms with van der Waals surface area (Å²) in [6.45, 7) is 5.40. The van der Waals surface area contributed by atoms with E-state index in [1.807, 2.05) is 50.2 Å². The summed E-state index contributed by atoms with van der Waals surface area (Å²) in [5, 5.41) is 3.95. The number of nitrogens with zero attached hydrogens (tertiary/aromatic N) is 4. The van der Waals surface area contributed by atoms with Gasteiger partial charge in [-0.2, -0.15) is 4.98 Å². The average molecular weight is 443 g/mol. The second kappa shape index (κ2) is 8.89. The molecule has 8 nitrogen and oxygen atoms in total. The molecule has 2 aromatic carbocycles. The summed E-state index contributed by atoms with van der Waals surface area (Å²) < 4.78 is 31.5.